The zero-order valence-corrected chi connectivity index (χ0v) is 21.6. The van der Waals surface area contributed by atoms with Gasteiger partial charge in [-0.05, 0) is 61.8 Å². The molecule has 40 heavy (non-hydrogen) atoms. The summed E-state index contributed by atoms with van der Waals surface area (Å²) in [5.74, 6) is -0.547. The van der Waals surface area contributed by atoms with Crippen LogP contribution >= 0.6 is 0 Å². The number of phenolic OH excluding ortho intramolecular Hbond substituents is 1. The Balaban J connectivity index is 0.000000202. The molecule has 3 N–H and O–H groups in total. The number of fused-ring (bicyclic) bond motifs is 3. The molecule has 0 bridgehead atoms. The number of nitro benzene ring substituents is 3. The third-order valence-electron chi connectivity index (χ3n) is 7.08. The van der Waals surface area contributed by atoms with E-state index in [-0.39, 0.29) is 0 Å². The first-order valence-electron chi connectivity index (χ1n) is 12.9. The third-order valence-corrected chi connectivity index (χ3v) is 7.08. The van der Waals surface area contributed by atoms with Crippen LogP contribution in [0, 0.1) is 30.3 Å². The fraction of sp³-hybridized carbons (Fsp3) is 0.286. The predicted molar refractivity (Wildman–Crippen MR) is 150 cm³/mol. The molecule has 0 radical (unpaired) electrons. The molecule has 1 aromatic heterocycles. The highest BCUT2D eigenvalue weighted by atomic mass is 16.6. The van der Waals surface area contributed by atoms with Crippen molar-refractivity contribution in [3.05, 3.63) is 114 Å². The first kappa shape index (κ1) is 28.2. The van der Waals surface area contributed by atoms with Crippen LogP contribution in [0.15, 0.2) is 66.7 Å². The van der Waals surface area contributed by atoms with Crippen molar-refractivity contribution >= 4 is 28.0 Å². The zero-order chi connectivity index (χ0) is 28.8. The summed E-state index contributed by atoms with van der Waals surface area (Å²) in [5.41, 5.74) is 8.74. The summed E-state index contributed by atoms with van der Waals surface area (Å²) in [7, 11) is 0. The lowest BCUT2D eigenvalue weighted by Crippen LogP contribution is -2.16. The molecule has 3 aromatic carbocycles. The van der Waals surface area contributed by atoms with Gasteiger partial charge in [0.25, 0.3) is 11.4 Å². The number of aryl methyl sites for hydroxylation is 1. The number of nitro groups is 3. The van der Waals surface area contributed by atoms with E-state index >= 15 is 0 Å². The lowest BCUT2D eigenvalue weighted by molar-refractivity contribution is -0.404. The van der Waals surface area contributed by atoms with Crippen molar-refractivity contribution in [2.24, 2.45) is 5.73 Å². The standard InChI is InChI=1S/C22H26N2.C6H3N3O7/c23-15-7-11-18-10-6-13-20-19-12-4-5-14-21(19)24(22(18)20)16-17-8-2-1-3-9-17;10-6-4(8(13)14)1-3(7(11)12)2-5(6)9(15)16/h1-5,8-9,12,14,18H,6-7,10-11,13,15-16,23H2;1-2,10H. The summed E-state index contributed by atoms with van der Waals surface area (Å²) < 4.78 is 2.58. The monoisotopic (exact) mass is 547 g/mol. The smallest absolute Gasteiger partial charge is 0.324 e. The topological polar surface area (TPSA) is 181 Å². The maximum Gasteiger partial charge on any atom is 0.324 e. The van der Waals surface area contributed by atoms with E-state index in [0.717, 1.165) is 19.5 Å². The van der Waals surface area contributed by atoms with E-state index in [2.05, 4.69) is 59.2 Å². The van der Waals surface area contributed by atoms with Crippen molar-refractivity contribution in [1.82, 2.24) is 4.57 Å². The number of benzene rings is 3. The average Bonchev–Trinajstić information content (AvgIpc) is 3.26. The first-order valence-corrected chi connectivity index (χ1v) is 12.9. The summed E-state index contributed by atoms with van der Waals surface area (Å²) in [6.07, 6.45) is 6.17. The molecule has 1 heterocycles. The molecule has 0 saturated carbocycles. The summed E-state index contributed by atoms with van der Waals surface area (Å²) in [4.78, 5) is 27.8. The van der Waals surface area contributed by atoms with Gasteiger partial charge in [-0.2, -0.15) is 0 Å². The van der Waals surface area contributed by atoms with Crippen LogP contribution in [0.5, 0.6) is 5.75 Å². The molecule has 1 aliphatic rings. The van der Waals surface area contributed by atoms with Gasteiger partial charge in [-0.1, -0.05) is 48.5 Å². The number of hydrogen-bond acceptors (Lipinski definition) is 8. The molecule has 0 aliphatic heterocycles. The molecule has 208 valence electrons. The molecule has 0 saturated heterocycles. The molecule has 0 spiro atoms. The van der Waals surface area contributed by atoms with Gasteiger partial charge in [0.1, 0.15) is 0 Å². The van der Waals surface area contributed by atoms with Crippen molar-refractivity contribution < 1.29 is 19.9 Å². The molecule has 12 nitrogen and oxygen atoms in total. The number of nitrogens with two attached hydrogens (primary N) is 1. The minimum Gasteiger partial charge on any atom is -0.497 e. The van der Waals surface area contributed by atoms with Crippen LogP contribution in [0.2, 0.25) is 0 Å². The highest BCUT2D eigenvalue weighted by Crippen LogP contribution is 2.41. The maximum atomic E-state index is 10.4. The van der Waals surface area contributed by atoms with E-state index in [0.29, 0.717) is 18.1 Å². The fourth-order valence-electron chi connectivity index (χ4n) is 5.34. The lowest BCUT2D eigenvalue weighted by Gasteiger charge is -2.26. The summed E-state index contributed by atoms with van der Waals surface area (Å²) in [5, 5.41) is 41.7. The van der Waals surface area contributed by atoms with Crippen LogP contribution in [0.25, 0.3) is 10.9 Å². The largest absolute Gasteiger partial charge is 0.497 e. The van der Waals surface area contributed by atoms with Crippen LogP contribution in [-0.4, -0.2) is 31.0 Å². The second-order valence-electron chi connectivity index (χ2n) is 9.58. The molecule has 1 atom stereocenters. The first-order chi connectivity index (χ1) is 19.2. The van der Waals surface area contributed by atoms with Crippen molar-refractivity contribution in [3.63, 3.8) is 0 Å². The Kier molecular flexibility index (Phi) is 8.70. The second-order valence-corrected chi connectivity index (χ2v) is 9.58. The molecule has 4 aromatic rings. The Morgan fingerprint density at radius 1 is 0.900 bits per heavy atom. The fourth-order valence-corrected chi connectivity index (χ4v) is 5.34. The molecule has 1 aliphatic carbocycles. The van der Waals surface area contributed by atoms with E-state index in [4.69, 9.17) is 10.8 Å². The minimum atomic E-state index is -1.21. The zero-order valence-electron chi connectivity index (χ0n) is 21.6. The molecule has 0 fully saturated rings. The minimum absolute atomic E-state index is 0.447. The molecule has 12 heteroatoms. The summed E-state index contributed by atoms with van der Waals surface area (Å²) >= 11 is 0. The van der Waals surface area contributed by atoms with E-state index < -0.39 is 37.6 Å². The van der Waals surface area contributed by atoms with Crippen molar-refractivity contribution in [2.45, 2.75) is 44.6 Å². The number of non-ortho nitro benzene ring substituents is 1. The molecule has 0 amide bonds. The van der Waals surface area contributed by atoms with Gasteiger partial charge in [0, 0.05) is 23.1 Å². The van der Waals surface area contributed by atoms with Crippen molar-refractivity contribution in [3.8, 4) is 5.75 Å². The van der Waals surface area contributed by atoms with E-state index in [1.807, 2.05) is 0 Å². The van der Waals surface area contributed by atoms with Gasteiger partial charge in [0.2, 0.25) is 0 Å². The van der Waals surface area contributed by atoms with Crippen molar-refractivity contribution in [1.29, 1.82) is 0 Å². The number of hydrogen-bond donors (Lipinski definition) is 2. The number of nitrogens with zero attached hydrogens (tertiary/aromatic N) is 4. The quantitative estimate of drug-likeness (QED) is 0.200. The van der Waals surface area contributed by atoms with Crippen LogP contribution in [0.1, 0.15) is 48.4 Å². The molecule has 1 unspecified atom stereocenters. The molecular formula is C28H29N5O7. The van der Waals surface area contributed by atoms with Gasteiger partial charge in [-0.3, -0.25) is 30.3 Å². The van der Waals surface area contributed by atoms with E-state index in [1.165, 1.54) is 42.1 Å². The summed E-state index contributed by atoms with van der Waals surface area (Å²) in [6, 6.07) is 20.7. The van der Waals surface area contributed by atoms with Gasteiger partial charge < -0.3 is 15.4 Å². The number of para-hydroxylation sites is 1. The predicted octanol–water partition coefficient (Wildman–Crippen LogP) is 5.97. The van der Waals surface area contributed by atoms with Gasteiger partial charge in [0.05, 0.1) is 26.9 Å². The molecule has 5 rings (SSSR count). The molecular weight excluding hydrogens is 518 g/mol. The Hall–Kier alpha value is -4.84. The van der Waals surface area contributed by atoms with Gasteiger partial charge in [-0.15, -0.1) is 0 Å². The van der Waals surface area contributed by atoms with Crippen molar-refractivity contribution in [2.75, 3.05) is 6.54 Å². The van der Waals surface area contributed by atoms with Crippen LogP contribution < -0.4 is 5.73 Å². The third kappa shape index (κ3) is 5.91. The number of rotatable bonds is 8. The summed E-state index contributed by atoms with van der Waals surface area (Å²) in [6.45, 7) is 1.76. The number of phenols is 1. The average molecular weight is 548 g/mol. The highest BCUT2D eigenvalue weighted by Gasteiger charge is 2.30. The van der Waals surface area contributed by atoms with E-state index in [9.17, 15) is 30.3 Å². The van der Waals surface area contributed by atoms with Gasteiger partial charge >= 0.3 is 11.4 Å². The van der Waals surface area contributed by atoms with E-state index in [1.54, 1.807) is 11.3 Å². The Morgan fingerprint density at radius 2 is 1.52 bits per heavy atom. The highest BCUT2D eigenvalue weighted by molar-refractivity contribution is 5.86. The Morgan fingerprint density at radius 3 is 2.12 bits per heavy atom. The second kappa shape index (κ2) is 12.3. The van der Waals surface area contributed by atoms with Crippen LogP contribution in [0.3, 0.4) is 0 Å². The van der Waals surface area contributed by atoms with Crippen LogP contribution in [0.4, 0.5) is 17.1 Å². The number of aromatic hydroxyl groups is 1. The maximum absolute atomic E-state index is 10.4. The van der Waals surface area contributed by atoms with Crippen LogP contribution in [-0.2, 0) is 13.0 Å². The normalized spacial score (nSPS) is 14.2. The Labute approximate surface area is 229 Å². The number of aromatic nitrogens is 1. The lowest BCUT2D eigenvalue weighted by atomic mass is 9.84. The Bertz CT molecular complexity index is 1520. The SMILES string of the molecule is NCCCC1CCCc2c1n(Cc1ccccc1)c1ccccc21.O=[N+]([O-])c1cc([N+](=O)[O-])c(O)c([N+](=O)[O-])c1. The van der Waals surface area contributed by atoms with Gasteiger partial charge in [-0.25, -0.2) is 0 Å². The van der Waals surface area contributed by atoms with Gasteiger partial charge in [0.15, 0.2) is 0 Å².